The zero-order valence-corrected chi connectivity index (χ0v) is 13.0. The number of ether oxygens (including phenoxy) is 1. The van der Waals surface area contributed by atoms with Crippen molar-refractivity contribution in [1.82, 2.24) is 0 Å². The fraction of sp³-hybridized carbons (Fsp3) is 0.0714. The fourth-order valence-electron chi connectivity index (χ4n) is 1.66. The van der Waals surface area contributed by atoms with Crippen LogP contribution in [0.1, 0.15) is 10.4 Å². The van der Waals surface area contributed by atoms with E-state index in [4.69, 9.17) is 39.5 Å². The van der Waals surface area contributed by atoms with Gasteiger partial charge in [-0.3, -0.25) is 4.79 Å². The van der Waals surface area contributed by atoms with Crippen LogP contribution in [0, 0.1) is 5.82 Å². The van der Waals surface area contributed by atoms with E-state index in [1.165, 1.54) is 31.4 Å². The number of rotatable bonds is 3. The van der Waals surface area contributed by atoms with Crippen LogP contribution in [0.2, 0.25) is 15.1 Å². The molecule has 0 aliphatic heterocycles. The molecule has 0 heterocycles. The van der Waals surface area contributed by atoms with Gasteiger partial charge in [-0.1, -0.05) is 34.8 Å². The Morgan fingerprint density at radius 2 is 1.71 bits per heavy atom. The third-order valence-corrected chi connectivity index (χ3v) is 3.49. The first kappa shape index (κ1) is 15.9. The van der Waals surface area contributed by atoms with Crippen molar-refractivity contribution in [3.05, 3.63) is 56.8 Å². The highest BCUT2D eigenvalue weighted by Gasteiger charge is 2.14. The zero-order chi connectivity index (χ0) is 15.6. The summed E-state index contributed by atoms with van der Waals surface area (Å²) < 4.78 is 18.1. The summed E-state index contributed by atoms with van der Waals surface area (Å²) in [6, 6.07) is 6.71. The SMILES string of the molecule is COc1c(Cl)cc(C(=O)Nc2ccc(F)c(Cl)c2)cc1Cl. The number of carbonyl (C=O) groups excluding carboxylic acids is 1. The maximum absolute atomic E-state index is 13.1. The van der Waals surface area contributed by atoms with Crippen LogP contribution in [0.25, 0.3) is 0 Å². The van der Waals surface area contributed by atoms with Crippen LogP contribution >= 0.6 is 34.8 Å². The Hall–Kier alpha value is -1.49. The average molecular weight is 349 g/mol. The van der Waals surface area contributed by atoms with Gasteiger partial charge in [0.1, 0.15) is 5.82 Å². The van der Waals surface area contributed by atoms with Crippen molar-refractivity contribution in [2.24, 2.45) is 0 Å². The molecule has 0 fully saturated rings. The van der Waals surface area contributed by atoms with Gasteiger partial charge in [-0.05, 0) is 30.3 Å². The van der Waals surface area contributed by atoms with Gasteiger partial charge in [-0.2, -0.15) is 0 Å². The molecule has 0 saturated heterocycles. The lowest BCUT2D eigenvalue weighted by Gasteiger charge is -2.10. The first-order chi connectivity index (χ1) is 9.92. The van der Waals surface area contributed by atoms with E-state index in [1.807, 2.05) is 0 Å². The largest absolute Gasteiger partial charge is 0.494 e. The van der Waals surface area contributed by atoms with E-state index in [9.17, 15) is 9.18 Å². The Bertz CT molecular complexity index is 684. The third-order valence-electron chi connectivity index (χ3n) is 2.64. The highest BCUT2D eigenvalue weighted by molar-refractivity contribution is 6.37. The maximum atomic E-state index is 13.1. The molecule has 1 N–H and O–H groups in total. The van der Waals surface area contributed by atoms with Gasteiger partial charge in [0.25, 0.3) is 5.91 Å². The van der Waals surface area contributed by atoms with E-state index in [-0.39, 0.29) is 20.6 Å². The molecule has 3 nitrogen and oxygen atoms in total. The smallest absolute Gasteiger partial charge is 0.255 e. The Kier molecular flexibility index (Phi) is 4.93. The molecule has 110 valence electrons. The molecule has 0 bridgehead atoms. The molecular weight excluding hydrogens is 340 g/mol. The van der Waals surface area contributed by atoms with Crippen molar-refractivity contribution in [3.8, 4) is 5.75 Å². The van der Waals surface area contributed by atoms with Gasteiger partial charge < -0.3 is 10.1 Å². The van der Waals surface area contributed by atoms with Crippen molar-refractivity contribution in [2.45, 2.75) is 0 Å². The number of benzene rings is 2. The Morgan fingerprint density at radius 3 is 2.24 bits per heavy atom. The fourth-order valence-corrected chi connectivity index (χ4v) is 2.49. The van der Waals surface area contributed by atoms with Crippen LogP contribution < -0.4 is 10.1 Å². The number of hydrogen-bond acceptors (Lipinski definition) is 2. The van der Waals surface area contributed by atoms with E-state index in [1.54, 1.807) is 0 Å². The van der Waals surface area contributed by atoms with Crippen molar-refractivity contribution in [2.75, 3.05) is 12.4 Å². The average Bonchev–Trinajstić information content (AvgIpc) is 2.42. The van der Waals surface area contributed by atoms with E-state index >= 15 is 0 Å². The zero-order valence-electron chi connectivity index (χ0n) is 10.7. The monoisotopic (exact) mass is 347 g/mol. The third kappa shape index (κ3) is 3.59. The molecule has 1 amide bonds. The molecule has 0 spiro atoms. The second-order valence-electron chi connectivity index (χ2n) is 4.06. The summed E-state index contributed by atoms with van der Waals surface area (Å²) in [5, 5.41) is 2.92. The summed E-state index contributed by atoms with van der Waals surface area (Å²) in [6.07, 6.45) is 0. The number of anilines is 1. The van der Waals surface area contributed by atoms with E-state index in [0.29, 0.717) is 11.4 Å². The normalized spacial score (nSPS) is 10.3. The summed E-state index contributed by atoms with van der Waals surface area (Å²) in [5.41, 5.74) is 0.598. The highest BCUT2D eigenvalue weighted by atomic mass is 35.5. The molecule has 2 aromatic rings. The molecule has 21 heavy (non-hydrogen) atoms. The molecule has 7 heteroatoms. The van der Waals surface area contributed by atoms with Gasteiger partial charge in [0, 0.05) is 11.3 Å². The van der Waals surface area contributed by atoms with Crippen LogP contribution in [-0.2, 0) is 0 Å². The van der Waals surface area contributed by atoms with E-state index in [2.05, 4.69) is 5.32 Å². The molecule has 0 aliphatic carbocycles. The Balaban J connectivity index is 2.26. The lowest BCUT2D eigenvalue weighted by atomic mass is 10.2. The van der Waals surface area contributed by atoms with Gasteiger partial charge >= 0.3 is 0 Å². The van der Waals surface area contributed by atoms with Crippen molar-refractivity contribution in [1.29, 1.82) is 0 Å². The second kappa shape index (κ2) is 6.52. The van der Waals surface area contributed by atoms with Crippen LogP contribution in [-0.4, -0.2) is 13.0 Å². The summed E-state index contributed by atoms with van der Waals surface area (Å²) in [7, 11) is 1.42. The molecule has 0 atom stereocenters. The summed E-state index contributed by atoms with van der Waals surface area (Å²) in [5.74, 6) is -0.728. The molecule has 2 aromatic carbocycles. The molecule has 0 saturated carbocycles. The topological polar surface area (TPSA) is 38.3 Å². The number of amides is 1. The van der Waals surface area contributed by atoms with Crippen LogP contribution in [0.15, 0.2) is 30.3 Å². The molecule has 0 aromatic heterocycles. The van der Waals surface area contributed by atoms with Crippen LogP contribution in [0.3, 0.4) is 0 Å². The van der Waals surface area contributed by atoms with Crippen molar-refractivity contribution >= 4 is 46.4 Å². The van der Waals surface area contributed by atoms with Gasteiger partial charge in [0.15, 0.2) is 5.75 Å². The van der Waals surface area contributed by atoms with Gasteiger partial charge in [0.05, 0.1) is 22.2 Å². The van der Waals surface area contributed by atoms with Crippen molar-refractivity contribution in [3.63, 3.8) is 0 Å². The maximum Gasteiger partial charge on any atom is 0.255 e. The highest BCUT2D eigenvalue weighted by Crippen LogP contribution is 2.34. The lowest BCUT2D eigenvalue weighted by molar-refractivity contribution is 0.102. The number of hydrogen-bond donors (Lipinski definition) is 1. The molecule has 0 radical (unpaired) electrons. The standard InChI is InChI=1S/C14H9Cl3FNO2/c1-21-13-10(16)4-7(5-11(13)17)14(20)19-8-2-3-12(18)9(15)6-8/h2-6H,1H3,(H,19,20). The predicted molar refractivity (Wildman–Crippen MR) is 82.4 cm³/mol. The van der Waals surface area contributed by atoms with Gasteiger partial charge in [0.2, 0.25) is 0 Å². The number of halogens is 4. The summed E-state index contributed by atoms with van der Waals surface area (Å²) in [6.45, 7) is 0. The molecule has 0 unspecified atom stereocenters. The van der Waals surface area contributed by atoms with Crippen LogP contribution in [0.5, 0.6) is 5.75 Å². The van der Waals surface area contributed by atoms with Crippen LogP contribution in [0.4, 0.5) is 10.1 Å². The minimum absolute atomic E-state index is 0.0846. The second-order valence-corrected chi connectivity index (χ2v) is 5.28. The number of carbonyl (C=O) groups is 1. The first-order valence-corrected chi connectivity index (χ1v) is 6.85. The molecular formula is C14H9Cl3FNO2. The van der Waals surface area contributed by atoms with Gasteiger partial charge in [-0.25, -0.2) is 4.39 Å². The van der Waals surface area contributed by atoms with E-state index < -0.39 is 11.7 Å². The number of methoxy groups -OCH3 is 1. The lowest BCUT2D eigenvalue weighted by Crippen LogP contribution is -2.12. The minimum Gasteiger partial charge on any atom is -0.494 e. The van der Waals surface area contributed by atoms with E-state index in [0.717, 1.165) is 6.07 Å². The predicted octanol–water partition coefficient (Wildman–Crippen LogP) is 5.05. The summed E-state index contributed by atoms with van der Waals surface area (Å²) >= 11 is 17.6. The van der Waals surface area contributed by atoms with Gasteiger partial charge in [-0.15, -0.1) is 0 Å². The number of nitrogens with one attached hydrogen (secondary N) is 1. The quantitative estimate of drug-likeness (QED) is 0.843. The Morgan fingerprint density at radius 1 is 1.10 bits per heavy atom. The Labute approximate surface area is 135 Å². The molecule has 2 rings (SSSR count). The first-order valence-electron chi connectivity index (χ1n) is 5.72. The summed E-state index contributed by atoms with van der Waals surface area (Å²) in [4.78, 5) is 12.1. The minimum atomic E-state index is -0.565. The molecule has 0 aliphatic rings. The van der Waals surface area contributed by atoms with Crippen molar-refractivity contribution < 1.29 is 13.9 Å².